The Hall–Kier alpha value is -2.21. The van der Waals surface area contributed by atoms with E-state index in [0.29, 0.717) is 21.5 Å². The van der Waals surface area contributed by atoms with Crippen molar-refractivity contribution in [1.82, 2.24) is 0 Å². The first-order valence-electron chi connectivity index (χ1n) is 8.52. The van der Waals surface area contributed by atoms with E-state index in [9.17, 15) is 8.42 Å². The molecule has 0 saturated heterocycles. The third kappa shape index (κ3) is 4.27. The van der Waals surface area contributed by atoms with Gasteiger partial charge in [0.15, 0.2) is 0 Å². The van der Waals surface area contributed by atoms with Crippen LogP contribution in [0.3, 0.4) is 0 Å². The van der Waals surface area contributed by atoms with E-state index in [2.05, 4.69) is 0 Å². The zero-order valence-corrected chi connectivity index (χ0v) is 17.7. The maximum Gasteiger partial charge on any atom is 0.264 e. The van der Waals surface area contributed by atoms with Gasteiger partial charge < -0.3 is 4.74 Å². The molecule has 146 valence electrons. The van der Waals surface area contributed by atoms with E-state index in [4.69, 9.17) is 27.9 Å². The molecule has 0 unspecified atom stereocenters. The van der Waals surface area contributed by atoms with Gasteiger partial charge in [0.1, 0.15) is 5.75 Å². The van der Waals surface area contributed by atoms with Crippen molar-refractivity contribution in [3.05, 3.63) is 88.4 Å². The highest BCUT2D eigenvalue weighted by Gasteiger charge is 2.30. The molecule has 0 saturated carbocycles. The summed E-state index contributed by atoms with van der Waals surface area (Å²) in [4.78, 5) is 0.145. The number of hydrogen-bond donors (Lipinski definition) is 0. The zero-order valence-electron chi connectivity index (χ0n) is 15.3. The van der Waals surface area contributed by atoms with Crippen LogP contribution in [0, 0.1) is 0 Å². The highest BCUT2D eigenvalue weighted by atomic mass is 35.5. The fourth-order valence-corrected chi connectivity index (χ4v) is 4.89. The lowest BCUT2D eigenvalue weighted by Crippen LogP contribution is -2.33. The fraction of sp³-hybridized carbons (Fsp3) is 0.143. The molecule has 0 fully saturated rings. The molecule has 0 aromatic heterocycles. The van der Waals surface area contributed by atoms with Crippen LogP contribution in [-0.4, -0.2) is 15.5 Å². The predicted molar refractivity (Wildman–Crippen MR) is 114 cm³/mol. The van der Waals surface area contributed by atoms with E-state index in [1.165, 1.54) is 16.4 Å². The van der Waals surface area contributed by atoms with E-state index in [1.807, 2.05) is 31.2 Å². The van der Waals surface area contributed by atoms with Crippen LogP contribution in [0.4, 0.5) is 5.69 Å². The second-order valence-corrected chi connectivity index (χ2v) is 8.88. The third-order valence-electron chi connectivity index (χ3n) is 4.36. The molecule has 3 rings (SSSR count). The molecule has 0 aliphatic heterocycles. The summed E-state index contributed by atoms with van der Waals surface area (Å²) < 4.78 is 33.7. The highest BCUT2D eigenvalue weighted by molar-refractivity contribution is 7.92. The van der Waals surface area contributed by atoms with Crippen LogP contribution < -0.4 is 9.04 Å². The average Bonchev–Trinajstić information content (AvgIpc) is 2.68. The van der Waals surface area contributed by atoms with Crippen molar-refractivity contribution < 1.29 is 13.2 Å². The van der Waals surface area contributed by atoms with E-state index in [0.717, 1.165) is 5.56 Å². The van der Waals surface area contributed by atoms with Gasteiger partial charge in [0.2, 0.25) is 0 Å². The van der Waals surface area contributed by atoms with Gasteiger partial charge in [-0.15, -0.1) is 0 Å². The normalized spacial score (nSPS) is 12.4. The molecule has 28 heavy (non-hydrogen) atoms. The maximum atomic E-state index is 13.5. The van der Waals surface area contributed by atoms with E-state index in [1.54, 1.807) is 43.5 Å². The van der Waals surface area contributed by atoms with Crippen molar-refractivity contribution in [1.29, 1.82) is 0 Å². The van der Waals surface area contributed by atoms with Gasteiger partial charge in [-0.1, -0.05) is 41.4 Å². The lowest BCUT2D eigenvalue weighted by atomic mass is 10.1. The van der Waals surface area contributed by atoms with Gasteiger partial charge in [-0.25, -0.2) is 8.42 Å². The Kier molecular flexibility index (Phi) is 6.18. The molecule has 0 aliphatic rings. The highest BCUT2D eigenvalue weighted by Crippen LogP contribution is 2.35. The Balaban J connectivity index is 2.15. The van der Waals surface area contributed by atoms with Crippen LogP contribution in [0.25, 0.3) is 0 Å². The number of anilines is 1. The Labute approximate surface area is 175 Å². The maximum absolute atomic E-state index is 13.5. The Morgan fingerprint density at radius 3 is 2.21 bits per heavy atom. The van der Waals surface area contributed by atoms with Crippen molar-refractivity contribution in [3.63, 3.8) is 0 Å². The molecule has 0 heterocycles. The lowest BCUT2D eigenvalue weighted by molar-refractivity contribution is 0.414. The summed E-state index contributed by atoms with van der Waals surface area (Å²) in [6.45, 7) is 1.82. The monoisotopic (exact) mass is 435 g/mol. The van der Waals surface area contributed by atoms with Gasteiger partial charge >= 0.3 is 0 Å². The molecule has 0 amide bonds. The van der Waals surface area contributed by atoms with Gasteiger partial charge in [0, 0.05) is 10.0 Å². The summed E-state index contributed by atoms with van der Waals surface area (Å²) in [7, 11) is -2.31. The molecule has 3 aromatic carbocycles. The van der Waals surface area contributed by atoms with E-state index >= 15 is 0 Å². The summed E-state index contributed by atoms with van der Waals surface area (Å²) in [5, 5.41) is 0.917. The quantitative estimate of drug-likeness (QED) is 0.479. The second kappa shape index (κ2) is 8.43. The summed E-state index contributed by atoms with van der Waals surface area (Å²) >= 11 is 12.1. The molecular formula is C21H19Cl2NO3S. The molecule has 4 nitrogen and oxygen atoms in total. The minimum Gasteiger partial charge on any atom is -0.497 e. The van der Waals surface area contributed by atoms with Crippen molar-refractivity contribution in [2.24, 2.45) is 0 Å². The molecule has 0 radical (unpaired) electrons. The molecule has 1 atom stereocenters. The topological polar surface area (TPSA) is 46.6 Å². The van der Waals surface area contributed by atoms with Crippen molar-refractivity contribution in [2.45, 2.75) is 17.9 Å². The SMILES string of the molecule is COc1cccc([C@H](C)N(c2cccc(Cl)c2)S(=O)(=O)c2ccc(Cl)cc2)c1. The first-order valence-corrected chi connectivity index (χ1v) is 10.7. The van der Waals surface area contributed by atoms with E-state index in [-0.39, 0.29) is 4.90 Å². The van der Waals surface area contributed by atoms with Gasteiger partial charge in [-0.2, -0.15) is 0 Å². The number of benzene rings is 3. The lowest BCUT2D eigenvalue weighted by Gasteiger charge is -2.31. The zero-order chi connectivity index (χ0) is 20.3. The Morgan fingerprint density at radius 1 is 0.893 bits per heavy atom. The van der Waals surface area contributed by atoms with Crippen molar-refractivity contribution >= 4 is 38.9 Å². The largest absolute Gasteiger partial charge is 0.497 e. The Bertz CT molecular complexity index is 1070. The minimum atomic E-state index is -3.88. The van der Waals surface area contributed by atoms with E-state index < -0.39 is 16.1 Å². The number of rotatable bonds is 6. The fourth-order valence-electron chi connectivity index (χ4n) is 2.94. The third-order valence-corrected chi connectivity index (χ3v) is 6.76. The summed E-state index contributed by atoms with van der Waals surface area (Å²) in [6.07, 6.45) is 0. The van der Waals surface area contributed by atoms with Gasteiger partial charge in [-0.05, 0) is 67.1 Å². The average molecular weight is 436 g/mol. The number of nitrogens with zero attached hydrogens (tertiary/aromatic N) is 1. The number of methoxy groups -OCH3 is 1. The summed E-state index contributed by atoms with van der Waals surface area (Å²) in [5.41, 5.74) is 1.26. The predicted octanol–water partition coefficient (Wildman–Crippen LogP) is 5.96. The first kappa shape index (κ1) is 20.5. The van der Waals surface area contributed by atoms with Crippen molar-refractivity contribution in [2.75, 3.05) is 11.4 Å². The van der Waals surface area contributed by atoms with Crippen LogP contribution in [0.1, 0.15) is 18.5 Å². The number of hydrogen-bond acceptors (Lipinski definition) is 3. The molecule has 3 aromatic rings. The Morgan fingerprint density at radius 2 is 1.57 bits per heavy atom. The summed E-state index contributed by atoms with van der Waals surface area (Å²) in [5.74, 6) is 0.652. The number of ether oxygens (including phenoxy) is 1. The number of halogens is 2. The first-order chi connectivity index (χ1) is 13.3. The number of sulfonamides is 1. The molecular weight excluding hydrogens is 417 g/mol. The van der Waals surface area contributed by atoms with Crippen LogP contribution in [0.15, 0.2) is 77.7 Å². The van der Waals surface area contributed by atoms with Crippen LogP contribution >= 0.6 is 23.2 Å². The standard InChI is InChI=1S/C21H19Cl2NO3S/c1-15(16-5-3-8-20(13-16)27-2)24(19-7-4-6-18(23)14-19)28(25,26)21-11-9-17(22)10-12-21/h3-15H,1-2H3/t15-/m0/s1. The van der Waals surface area contributed by atoms with Gasteiger partial charge in [-0.3, -0.25) is 4.31 Å². The van der Waals surface area contributed by atoms with Crippen LogP contribution in [0.5, 0.6) is 5.75 Å². The van der Waals surface area contributed by atoms with Crippen LogP contribution in [0.2, 0.25) is 10.0 Å². The van der Waals surface area contributed by atoms with Gasteiger partial charge in [0.25, 0.3) is 10.0 Å². The molecule has 7 heteroatoms. The van der Waals surface area contributed by atoms with Crippen LogP contribution in [-0.2, 0) is 10.0 Å². The smallest absolute Gasteiger partial charge is 0.264 e. The molecule has 0 bridgehead atoms. The second-order valence-electron chi connectivity index (χ2n) is 6.19. The van der Waals surface area contributed by atoms with Crippen molar-refractivity contribution in [3.8, 4) is 5.75 Å². The molecule has 0 aliphatic carbocycles. The summed E-state index contributed by atoms with van der Waals surface area (Å²) in [6, 6.07) is 19.7. The van der Waals surface area contributed by atoms with Gasteiger partial charge in [0.05, 0.1) is 23.7 Å². The molecule has 0 N–H and O–H groups in total. The molecule has 0 spiro atoms. The minimum absolute atomic E-state index is 0.145.